The highest BCUT2D eigenvalue weighted by Crippen LogP contribution is 2.22. The van der Waals surface area contributed by atoms with Crippen LogP contribution in [0.15, 0.2) is 58.3 Å². The Balaban J connectivity index is 1.73. The van der Waals surface area contributed by atoms with Crippen LogP contribution in [-0.4, -0.2) is 29.1 Å². The number of aliphatic hydroxyl groups is 1. The maximum Gasteiger partial charge on any atom is 0.191 e. The molecule has 0 amide bonds. The van der Waals surface area contributed by atoms with Gasteiger partial charge < -0.3 is 15.7 Å². The number of aromatic nitrogens is 1. The van der Waals surface area contributed by atoms with Crippen molar-refractivity contribution in [1.29, 1.82) is 0 Å². The van der Waals surface area contributed by atoms with Gasteiger partial charge in [-0.2, -0.15) is 11.3 Å². The van der Waals surface area contributed by atoms with E-state index in [1.54, 1.807) is 18.3 Å². The van der Waals surface area contributed by atoms with Crippen LogP contribution in [0.2, 0.25) is 0 Å². The zero-order chi connectivity index (χ0) is 18.4. The van der Waals surface area contributed by atoms with Gasteiger partial charge >= 0.3 is 0 Å². The molecule has 1 unspecified atom stereocenters. The van der Waals surface area contributed by atoms with Crippen molar-refractivity contribution >= 4 is 28.1 Å². The van der Waals surface area contributed by atoms with Gasteiger partial charge in [-0.3, -0.25) is 4.98 Å². The standard InChI is InChI=1S/C20H24N4OS/c1-3-21-19(24-14-20(2,25)16-9-11-26-13-16)23-12-18-17-7-5-4-6-15(17)8-10-22-18/h4-11,13,25H,3,12,14H2,1-2H3,(H2,21,23,24). The number of guanidine groups is 1. The third kappa shape index (κ3) is 4.39. The Morgan fingerprint density at radius 3 is 2.85 bits per heavy atom. The second-order valence-corrected chi connectivity index (χ2v) is 7.09. The Morgan fingerprint density at radius 1 is 1.23 bits per heavy atom. The number of thiophene rings is 1. The predicted molar refractivity (Wildman–Crippen MR) is 108 cm³/mol. The van der Waals surface area contributed by atoms with Gasteiger partial charge in [0.25, 0.3) is 0 Å². The van der Waals surface area contributed by atoms with E-state index in [-0.39, 0.29) is 0 Å². The van der Waals surface area contributed by atoms with Gasteiger partial charge in [0, 0.05) is 18.1 Å². The summed E-state index contributed by atoms with van der Waals surface area (Å²) in [5, 5.41) is 23.3. The lowest BCUT2D eigenvalue weighted by atomic mass is 9.99. The summed E-state index contributed by atoms with van der Waals surface area (Å²) in [7, 11) is 0. The molecule has 0 aliphatic heterocycles. The molecule has 1 atom stereocenters. The topological polar surface area (TPSA) is 69.5 Å². The molecule has 0 spiro atoms. The molecule has 26 heavy (non-hydrogen) atoms. The number of rotatable bonds is 6. The molecule has 0 saturated carbocycles. The highest BCUT2D eigenvalue weighted by molar-refractivity contribution is 7.08. The third-order valence-corrected chi connectivity index (χ3v) is 4.91. The van der Waals surface area contributed by atoms with Crippen LogP contribution in [-0.2, 0) is 12.1 Å². The van der Waals surface area contributed by atoms with Crippen LogP contribution in [0.5, 0.6) is 0 Å². The Hall–Kier alpha value is -2.44. The first-order valence-electron chi connectivity index (χ1n) is 8.70. The first-order valence-corrected chi connectivity index (χ1v) is 9.64. The number of benzene rings is 1. The van der Waals surface area contributed by atoms with Gasteiger partial charge in [0.05, 0.1) is 18.8 Å². The number of nitrogens with zero attached hydrogens (tertiary/aromatic N) is 2. The largest absolute Gasteiger partial charge is 0.384 e. The fourth-order valence-corrected chi connectivity index (χ4v) is 3.52. The molecule has 3 N–H and O–H groups in total. The van der Waals surface area contributed by atoms with Crippen LogP contribution in [0.25, 0.3) is 10.8 Å². The minimum Gasteiger partial charge on any atom is -0.384 e. The molecular weight excluding hydrogens is 344 g/mol. The van der Waals surface area contributed by atoms with Crippen LogP contribution in [0, 0.1) is 0 Å². The smallest absolute Gasteiger partial charge is 0.191 e. The molecule has 6 heteroatoms. The van der Waals surface area contributed by atoms with Crippen molar-refractivity contribution in [1.82, 2.24) is 15.6 Å². The normalized spacial score (nSPS) is 14.2. The van der Waals surface area contributed by atoms with Crippen LogP contribution in [0.4, 0.5) is 0 Å². The fourth-order valence-electron chi connectivity index (χ4n) is 2.73. The van der Waals surface area contributed by atoms with E-state index < -0.39 is 5.60 Å². The van der Waals surface area contributed by atoms with Gasteiger partial charge in [-0.15, -0.1) is 0 Å². The lowest BCUT2D eigenvalue weighted by Crippen LogP contribution is -2.44. The molecule has 0 aliphatic carbocycles. The van der Waals surface area contributed by atoms with Crippen molar-refractivity contribution in [3.8, 4) is 0 Å². The molecule has 3 rings (SSSR count). The van der Waals surface area contributed by atoms with Crippen molar-refractivity contribution in [3.63, 3.8) is 0 Å². The lowest BCUT2D eigenvalue weighted by Gasteiger charge is -2.24. The third-order valence-electron chi connectivity index (χ3n) is 4.23. The SMILES string of the molecule is CCNC(=NCc1nccc2ccccc12)NCC(C)(O)c1ccsc1. The fraction of sp³-hybridized carbons (Fsp3) is 0.300. The summed E-state index contributed by atoms with van der Waals surface area (Å²) in [5.74, 6) is 0.665. The van der Waals surface area contributed by atoms with E-state index in [1.165, 1.54) is 0 Å². The summed E-state index contributed by atoms with van der Waals surface area (Å²) in [6.45, 7) is 5.41. The van der Waals surface area contributed by atoms with Gasteiger partial charge in [-0.1, -0.05) is 24.3 Å². The Bertz CT molecular complexity index is 869. The molecule has 3 aromatic rings. The highest BCUT2D eigenvalue weighted by Gasteiger charge is 2.23. The van der Waals surface area contributed by atoms with Gasteiger partial charge in [0.1, 0.15) is 5.60 Å². The molecule has 2 aromatic heterocycles. The quantitative estimate of drug-likeness (QED) is 0.461. The van der Waals surface area contributed by atoms with E-state index in [2.05, 4.69) is 32.7 Å². The van der Waals surface area contributed by atoms with Crippen LogP contribution in [0.1, 0.15) is 25.1 Å². The maximum atomic E-state index is 10.7. The van der Waals surface area contributed by atoms with E-state index in [4.69, 9.17) is 0 Å². The number of nitrogens with one attached hydrogen (secondary N) is 2. The zero-order valence-electron chi connectivity index (χ0n) is 15.1. The molecule has 0 saturated heterocycles. The van der Waals surface area contributed by atoms with Crippen LogP contribution in [0.3, 0.4) is 0 Å². The average Bonchev–Trinajstić information content (AvgIpc) is 3.20. The lowest BCUT2D eigenvalue weighted by molar-refractivity contribution is 0.0621. The van der Waals surface area contributed by atoms with Gasteiger partial charge in [-0.25, -0.2) is 4.99 Å². The van der Waals surface area contributed by atoms with E-state index in [0.717, 1.165) is 28.6 Å². The molecule has 5 nitrogen and oxygen atoms in total. The average molecular weight is 369 g/mol. The summed E-state index contributed by atoms with van der Waals surface area (Å²) < 4.78 is 0. The van der Waals surface area contributed by atoms with E-state index in [1.807, 2.05) is 48.1 Å². The summed E-state index contributed by atoms with van der Waals surface area (Å²) in [4.78, 5) is 9.12. The molecule has 0 aliphatic rings. The van der Waals surface area contributed by atoms with Crippen molar-refractivity contribution in [2.45, 2.75) is 26.0 Å². The summed E-state index contributed by atoms with van der Waals surface area (Å²) in [6, 6.07) is 12.1. The minimum atomic E-state index is -0.951. The number of pyridine rings is 1. The van der Waals surface area contributed by atoms with Crippen molar-refractivity contribution < 1.29 is 5.11 Å². The first-order chi connectivity index (χ1) is 12.6. The van der Waals surface area contributed by atoms with Crippen molar-refractivity contribution in [3.05, 3.63) is 64.6 Å². The molecule has 0 bridgehead atoms. The van der Waals surface area contributed by atoms with Crippen molar-refractivity contribution in [2.75, 3.05) is 13.1 Å². The monoisotopic (exact) mass is 368 g/mol. The molecule has 0 fully saturated rings. The molecule has 2 heterocycles. The highest BCUT2D eigenvalue weighted by atomic mass is 32.1. The van der Waals surface area contributed by atoms with Crippen LogP contribution >= 0.6 is 11.3 Å². The maximum absolute atomic E-state index is 10.7. The number of hydrogen-bond acceptors (Lipinski definition) is 4. The number of aliphatic imine (C=N–C) groups is 1. The molecule has 0 radical (unpaired) electrons. The van der Waals surface area contributed by atoms with Crippen LogP contribution < -0.4 is 10.6 Å². The predicted octanol–water partition coefficient (Wildman–Crippen LogP) is 3.26. The van der Waals surface area contributed by atoms with E-state index >= 15 is 0 Å². The minimum absolute atomic E-state index is 0.374. The van der Waals surface area contributed by atoms with Gasteiger partial charge in [0.15, 0.2) is 5.96 Å². The zero-order valence-corrected chi connectivity index (χ0v) is 15.9. The molecule has 136 valence electrons. The Labute approximate surface area is 157 Å². The Morgan fingerprint density at radius 2 is 2.08 bits per heavy atom. The summed E-state index contributed by atoms with van der Waals surface area (Å²) in [5.41, 5.74) is 0.889. The summed E-state index contributed by atoms with van der Waals surface area (Å²) in [6.07, 6.45) is 1.81. The second-order valence-electron chi connectivity index (χ2n) is 6.31. The summed E-state index contributed by atoms with van der Waals surface area (Å²) >= 11 is 1.58. The Kier molecular flexibility index (Phi) is 5.85. The molecule has 1 aromatic carbocycles. The van der Waals surface area contributed by atoms with E-state index in [0.29, 0.717) is 19.0 Å². The molecular formula is C20H24N4OS. The van der Waals surface area contributed by atoms with E-state index in [9.17, 15) is 5.11 Å². The van der Waals surface area contributed by atoms with Crippen molar-refractivity contribution in [2.24, 2.45) is 4.99 Å². The van der Waals surface area contributed by atoms with Gasteiger partial charge in [0.2, 0.25) is 0 Å². The second kappa shape index (κ2) is 8.29. The number of hydrogen-bond donors (Lipinski definition) is 3. The van der Waals surface area contributed by atoms with Gasteiger partial charge in [-0.05, 0) is 47.7 Å². The number of fused-ring (bicyclic) bond motifs is 1. The first kappa shape index (κ1) is 18.4.